The molecule has 1 aromatic rings. The summed E-state index contributed by atoms with van der Waals surface area (Å²) < 4.78 is 30.0. The molecule has 0 unspecified atom stereocenters. The van der Waals surface area contributed by atoms with Gasteiger partial charge >= 0.3 is 0 Å². The van der Waals surface area contributed by atoms with Crippen LogP contribution in [0, 0.1) is 0 Å². The molecule has 0 N–H and O–H groups in total. The fourth-order valence-electron chi connectivity index (χ4n) is 4.10. The van der Waals surface area contributed by atoms with Crippen LogP contribution in [0.4, 0.5) is 0 Å². The summed E-state index contributed by atoms with van der Waals surface area (Å²) in [7, 11) is -3.29. The van der Waals surface area contributed by atoms with Gasteiger partial charge in [0.15, 0.2) is 0 Å². The second kappa shape index (κ2) is 7.38. The Morgan fingerprint density at radius 1 is 0.885 bits per heavy atom. The average Bonchev–Trinajstić information content (AvgIpc) is 3.32. The summed E-state index contributed by atoms with van der Waals surface area (Å²) in [5.74, 6) is 0. The molecular weight excluding hydrogens is 354 g/mol. The molecule has 0 radical (unpaired) electrons. The van der Waals surface area contributed by atoms with Gasteiger partial charge < -0.3 is 0 Å². The van der Waals surface area contributed by atoms with E-state index in [-0.39, 0.29) is 5.56 Å². The topological polar surface area (TPSA) is 78.8 Å². The zero-order chi connectivity index (χ0) is 18.1. The van der Waals surface area contributed by atoms with Crippen LogP contribution < -0.4 is 5.56 Å². The number of aromatic nitrogens is 2. The number of hydrogen-bond acceptors (Lipinski definition) is 5. The largest absolute Gasteiger partial charge is 0.299 e. The number of fused-ring (bicyclic) bond motifs is 1. The number of piperazine rings is 1. The first-order valence-electron chi connectivity index (χ1n) is 9.61. The van der Waals surface area contributed by atoms with Crippen LogP contribution in [0.25, 0.3) is 0 Å². The second-order valence-electron chi connectivity index (χ2n) is 7.39. The highest BCUT2D eigenvalue weighted by Crippen LogP contribution is 2.18. The molecule has 9 heteroatoms. The Hall–Kier alpha value is -1.29. The minimum Gasteiger partial charge on any atom is -0.299 e. The highest BCUT2D eigenvalue weighted by molar-refractivity contribution is 7.86. The summed E-state index contributed by atoms with van der Waals surface area (Å²) in [6.45, 7) is 5.02. The lowest BCUT2D eigenvalue weighted by Crippen LogP contribution is -2.53. The van der Waals surface area contributed by atoms with E-state index in [0.717, 1.165) is 49.9 Å². The summed E-state index contributed by atoms with van der Waals surface area (Å²) in [5.41, 5.74) is 2.14. The number of nitrogens with zero attached hydrogens (tertiary/aromatic N) is 5. The Bertz CT molecular complexity index is 808. The predicted octanol–water partition coefficient (Wildman–Crippen LogP) is -0.310. The number of aryl methyl sites for hydroxylation is 2. The van der Waals surface area contributed by atoms with Crippen molar-refractivity contribution in [1.29, 1.82) is 0 Å². The van der Waals surface area contributed by atoms with Gasteiger partial charge in [0.2, 0.25) is 0 Å². The standard InChI is InChI=1S/C17H27N5O3S/c23-17-14-15-4-3-5-16(15)18-22(17)13-10-19-8-11-21(12-9-19)26(24,25)20-6-1-2-7-20/h14H,1-13H2. The highest BCUT2D eigenvalue weighted by atomic mass is 32.2. The lowest BCUT2D eigenvalue weighted by Gasteiger charge is -2.35. The summed E-state index contributed by atoms with van der Waals surface area (Å²) in [5, 5.41) is 4.51. The van der Waals surface area contributed by atoms with Crippen LogP contribution in [0.1, 0.15) is 30.5 Å². The molecule has 2 aliphatic heterocycles. The maximum absolute atomic E-state index is 12.6. The van der Waals surface area contributed by atoms with E-state index in [1.54, 1.807) is 19.4 Å². The third-order valence-corrected chi connectivity index (χ3v) is 7.74. The lowest BCUT2D eigenvalue weighted by atomic mass is 10.2. The Morgan fingerprint density at radius 2 is 1.58 bits per heavy atom. The van der Waals surface area contributed by atoms with E-state index in [1.165, 1.54) is 0 Å². The van der Waals surface area contributed by atoms with Crippen LogP contribution in [0.3, 0.4) is 0 Å². The molecule has 1 aliphatic carbocycles. The molecule has 2 fully saturated rings. The number of hydrogen-bond donors (Lipinski definition) is 0. The van der Waals surface area contributed by atoms with Gasteiger partial charge in [0.05, 0.1) is 12.2 Å². The zero-order valence-electron chi connectivity index (χ0n) is 15.1. The van der Waals surface area contributed by atoms with Crippen molar-refractivity contribution in [3.63, 3.8) is 0 Å². The first-order chi connectivity index (χ1) is 12.5. The molecule has 2 saturated heterocycles. The summed E-state index contributed by atoms with van der Waals surface area (Å²) in [6, 6.07) is 1.73. The molecule has 0 atom stereocenters. The van der Waals surface area contributed by atoms with Crippen molar-refractivity contribution in [2.24, 2.45) is 0 Å². The Labute approximate surface area is 154 Å². The SMILES string of the molecule is O=c1cc2c(nn1CCN1CCN(S(=O)(=O)N3CCCC3)CC1)CCC2. The molecule has 0 spiro atoms. The Kier molecular flexibility index (Phi) is 5.13. The molecule has 0 amide bonds. The monoisotopic (exact) mass is 381 g/mol. The van der Waals surface area contributed by atoms with Gasteiger partial charge in [-0.1, -0.05) is 0 Å². The minimum absolute atomic E-state index is 0.0269. The van der Waals surface area contributed by atoms with Gasteiger partial charge in [-0.05, 0) is 37.7 Å². The fraction of sp³-hybridized carbons (Fsp3) is 0.765. The van der Waals surface area contributed by atoms with Gasteiger partial charge in [0, 0.05) is 51.9 Å². The van der Waals surface area contributed by atoms with E-state index in [2.05, 4.69) is 10.00 Å². The Balaban J connectivity index is 1.31. The van der Waals surface area contributed by atoms with Crippen LogP contribution in [-0.2, 0) is 29.6 Å². The van der Waals surface area contributed by atoms with Gasteiger partial charge in [-0.3, -0.25) is 9.69 Å². The summed E-state index contributed by atoms with van der Waals surface area (Å²) in [4.78, 5) is 14.4. The third-order valence-electron chi connectivity index (χ3n) is 5.70. The van der Waals surface area contributed by atoms with Crippen molar-refractivity contribution in [3.05, 3.63) is 27.7 Å². The molecule has 0 saturated carbocycles. The molecule has 3 heterocycles. The predicted molar refractivity (Wildman–Crippen MR) is 98.3 cm³/mol. The van der Waals surface area contributed by atoms with Crippen molar-refractivity contribution in [3.8, 4) is 0 Å². The van der Waals surface area contributed by atoms with Crippen LogP contribution >= 0.6 is 0 Å². The van der Waals surface area contributed by atoms with E-state index < -0.39 is 10.2 Å². The van der Waals surface area contributed by atoms with Gasteiger partial charge in [-0.25, -0.2) is 4.68 Å². The first-order valence-corrected chi connectivity index (χ1v) is 11.0. The van der Waals surface area contributed by atoms with Crippen LogP contribution in [0.15, 0.2) is 10.9 Å². The van der Waals surface area contributed by atoms with Gasteiger partial charge in [-0.2, -0.15) is 22.1 Å². The summed E-state index contributed by atoms with van der Waals surface area (Å²) >= 11 is 0. The molecule has 0 bridgehead atoms. The Morgan fingerprint density at radius 3 is 2.31 bits per heavy atom. The maximum atomic E-state index is 12.6. The summed E-state index contributed by atoms with van der Waals surface area (Å²) in [6.07, 6.45) is 4.93. The highest BCUT2D eigenvalue weighted by Gasteiger charge is 2.33. The molecule has 0 aromatic carbocycles. The smallest absolute Gasteiger partial charge is 0.282 e. The van der Waals surface area contributed by atoms with Crippen LogP contribution in [0.2, 0.25) is 0 Å². The second-order valence-corrected chi connectivity index (χ2v) is 9.31. The lowest BCUT2D eigenvalue weighted by molar-refractivity contribution is 0.175. The van der Waals surface area contributed by atoms with E-state index in [1.807, 2.05) is 0 Å². The van der Waals surface area contributed by atoms with Crippen molar-refractivity contribution in [1.82, 2.24) is 23.3 Å². The van der Waals surface area contributed by atoms with Crippen LogP contribution in [-0.4, -0.2) is 77.5 Å². The molecule has 1 aromatic heterocycles. The minimum atomic E-state index is -3.29. The molecule has 8 nitrogen and oxygen atoms in total. The van der Waals surface area contributed by atoms with Gasteiger partial charge in [0.1, 0.15) is 0 Å². The molecular formula is C17H27N5O3S. The molecule has 26 heavy (non-hydrogen) atoms. The van der Waals surface area contributed by atoms with Crippen LogP contribution in [0.5, 0.6) is 0 Å². The van der Waals surface area contributed by atoms with Gasteiger partial charge in [-0.15, -0.1) is 0 Å². The average molecular weight is 382 g/mol. The molecule has 144 valence electrons. The quantitative estimate of drug-likeness (QED) is 0.699. The first kappa shape index (κ1) is 18.1. The van der Waals surface area contributed by atoms with Crippen molar-refractivity contribution >= 4 is 10.2 Å². The van der Waals surface area contributed by atoms with E-state index in [0.29, 0.717) is 45.8 Å². The van der Waals surface area contributed by atoms with Gasteiger partial charge in [0.25, 0.3) is 15.8 Å². The fourth-order valence-corrected chi connectivity index (χ4v) is 5.77. The van der Waals surface area contributed by atoms with Crippen molar-refractivity contribution in [2.45, 2.75) is 38.6 Å². The zero-order valence-corrected chi connectivity index (χ0v) is 16.0. The third kappa shape index (κ3) is 3.58. The maximum Gasteiger partial charge on any atom is 0.282 e. The van der Waals surface area contributed by atoms with E-state index in [4.69, 9.17) is 0 Å². The van der Waals surface area contributed by atoms with E-state index in [9.17, 15) is 13.2 Å². The van der Waals surface area contributed by atoms with Crippen molar-refractivity contribution < 1.29 is 8.42 Å². The molecule has 4 rings (SSSR count). The van der Waals surface area contributed by atoms with E-state index >= 15 is 0 Å². The van der Waals surface area contributed by atoms with Crippen molar-refractivity contribution in [2.75, 3.05) is 45.8 Å². The molecule has 3 aliphatic rings. The number of rotatable bonds is 5. The normalized spacial score (nSPS) is 22.8.